The van der Waals surface area contributed by atoms with Gasteiger partial charge in [-0.2, -0.15) is 0 Å². The van der Waals surface area contributed by atoms with E-state index in [0.717, 1.165) is 17.5 Å². The van der Waals surface area contributed by atoms with Gasteiger partial charge in [0.05, 0.1) is 5.69 Å². The first kappa shape index (κ1) is 11.6. The number of nitrogens with one attached hydrogen (secondary N) is 1. The van der Waals surface area contributed by atoms with E-state index in [1.807, 2.05) is 36.2 Å². The van der Waals surface area contributed by atoms with Gasteiger partial charge in [-0.05, 0) is 23.6 Å². The van der Waals surface area contributed by atoms with Crippen LogP contribution in [0.4, 0.5) is 5.69 Å². The van der Waals surface area contributed by atoms with Crippen LogP contribution >= 0.6 is 0 Å². The summed E-state index contributed by atoms with van der Waals surface area (Å²) < 4.78 is 0. The van der Waals surface area contributed by atoms with Crippen LogP contribution in [0.1, 0.15) is 31.2 Å². The molecule has 1 amide bonds. The Morgan fingerprint density at radius 1 is 1.41 bits per heavy atom. The molecule has 0 aromatic heterocycles. The molecule has 0 radical (unpaired) electrons. The van der Waals surface area contributed by atoms with E-state index in [-0.39, 0.29) is 11.8 Å². The second-order valence-corrected chi connectivity index (χ2v) is 4.33. The third-order valence-corrected chi connectivity index (χ3v) is 3.05. The van der Waals surface area contributed by atoms with Crippen molar-refractivity contribution in [3.63, 3.8) is 0 Å². The molecule has 1 aliphatic heterocycles. The average Bonchev–Trinajstić information content (AvgIpc) is 2.76. The molecule has 1 fully saturated rings. The number of nitrogens with zero attached hydrogens (tertiary/aromatic N) is 1. The minimum Gasteiger partial charge on any atom is -0.303 e. The fourth-order valence-electron chi connectivity index (χ4n) is 1.93. The van der Waals surface area contributed by atoms with Crippen molar-refractivity contribution < 1.29 is 9.59 Å². The van der Waals surface area contributed by atoms with Crippen LogP contribution in [0.5, 0.6) is 0 Å². The van der Waals surface area contributed by atoms with Gasteiger partial charge in [-0.15, -0.1) is 0 Å². The lowest BCUT2D eigenvalue weighted by atomic mass is 9.98. The zero-order valence-corrected chi connectivity index (χ0v) is 9.85. The number of amides is 1. The third kappa shape index (κ3) is 2.64. The highest BCUT2D eigenvalue weighted by Gasteiger charge is 2.18. The van der Waals surface area contributed by atoms with Crippen molar-refractivity contribution in [2.75, 3.05) is 11.6 Å². The zero-order valence-electron chi connectivity index (χ0n) is 9.85. The van der Waals surface area contributed by atoms with Crippen LogP contribution in [0.15, 0.2) is 24.3 Å². The van der Waals surface area contributed by atoms with Gasteiger partial charge in [0.1, 0.15) is 6.29 Å². The lowest BCUT2D eigenvalue weighted by Crippen LogP contribution is -2.32. The Kier molecular flexibility index (Phi) is 3.42. The number of carbonyl (C=O) groups is 2. The number of anilines is 1. The molecule has 17 heavy (non-hydrogen) atoms. The summed E-state index contributed by atoms with van der Waals surface area (Å²) in [6.07, 6.45) is 2.03. The molecule has 90 valence electrons. The van der Waals surface area contributed by atoms with E-state index in [1.165, 1.54) is 0 Å². The number of hydrazine groups is 1. The Hall–Kier alpha value is -1.84. The molecule has 1 aromatic rings. The van der Waals surface area contributed by atoms with Crippen LogP contribution in [0.2, 0.25) is 0 Å². The summed E-state index contributed by atoms with van der Waals surface area (Å²) in [6, 6.07) is 7.96. The van der Waals surface area contributed by atoms with Crippen LogP contribution in [-0.4, -0.2) is 18.7 Å². The van der Waals surface area contributed by atoms with Crippen LogP contribution in [0.25, 0.3) is 0 Å². The first-order chi connectivity index (χ1) is 8.20. The van der Waals surface area contributed by atoms with Gasteiger partial charge >= 0.3 is 0 Å². The van der Waals surface area contributed by atoms with E-state index < -0.39 is 0 Å². The number of carbonyl (C=O) groups excluding carboxylic acids is 2. The molecule has 1 heterocycles. The molecule has 0 bridgehead atoms. The predicted octanol–water partition coefficient (Wildman–Crippen LogP) is 1.62. The van der Waals surface area contributed by atoms with Gasteiger partial charge in [0.25, 0.3) is 0 Å². The molecule has 2 rings (SSSR count). The van der Waals surface area contributed by atoms with E-state index in [4.69, 9.17) is 0 Å². The summed E-state index contributed by atoms with van der Waals surface area (Å²) in [5, 5.41) is 1.84. The highest BCUT2D eigenvalue weighted by atomic mass is 16.2. The van der Waals surface area contributed by atoms with Crippen LogP contribution in [0.3, 0.4) is 0 Å². The Labute approximate surface area is 101 Å². The van der Waals surface area contributed by atoms with Crippen molar-refractivity contribution in [3.05, 3.63) is 29.8 Å². The minimum absolute atomic E-state index is 0.0587. The number of hydrogen-bond donors (Lipinski definition) is 1. The summed E-state index contributed by atoms with van der Waals surface area (Å²) in [5.74, 6) is 0.304. The van der Waals surface area contributed by atoms with Gasteiger partial charge in [-0.3, -0.25) is 15.2 Å². The summed E-state index contributed by atoms with van der Waals surface area (Å²) >= 11 is 0. The molecule has 0 saturated carbocycles. The molecule has 1 saturated heterocycles. The predicted molar refractivity (Wildman–Crippen MR) is 65.6 cm³/mol. The standard InChI is InChI=1S/C13H16N2O2/c1-10(7-9-16)11-2-4-12(5-3-11)15-8-6-13(17)14-15/h2-5,9-10H,6-8H2,1H3,(H,14,17). The van der Waals surface area contributed by atoms with Crippen molar-refractivity contribution in [2.24, 2.45) is 0 Å². The molecular weight excluding hydrogens is 216 g/mol. The normalized spacial score (nSPS) is 16.8. The first-order valence-corrected chi connectivity index (χ1v) is 5.81. The maximum absolute atomic E-state index is 11.1. The van der Waals surface area contributed by atoms with Crippen molar-refractivity contribution in [1.82, 2.24) is 5.43 Å². The highest BCUT2D eigenvalue weighted by Crippen LogP contribution is 2.22. The van der Waals surface area contributed by atoms with Gasteiger partial charge in [0.15, 0.2) is 0 Å². The molecule has 4 nitrogen and oxygen atoms in total. The number of rotatable bonds is 4. The molecule has 4 heteroatoms. The van der Waals surface area contributed by atoms with Crippen molar-refractivity contribution in [2.45, 2.75) is 25.7 Å². The van der Waals surface area contributed by atoms with Gasteiger partial charge in [0.2, 0.25) is 5.91 Å². The molecule has 1 N–H and O–H groups in total. The Morgan fingerprint density at radius 3 is 2.65 bits per heavy atom. The van der Waals surface area contributed by atoms with Crippen molar-refractivity contribution >= 4 is 17.9 Å². The second kappa shape index (κ2) is 4.99. The van der Waals surface area contributed by atoms with Crippen molar-refractivity contribution in [1.29, 1.82) is 0 Å². The number of hydrogen-bond acceptors (Lipinski definition) is 3. The van der Waals surface area contributed by atoms with Gasteiger partial charge < -0.3 is 4.79 Å². The third-order valence-electron chi connectivity index (χ3n) is 3.05. The molecule has 1 aromatic carbocycles. The van der Waals surface area contributed by atoms with E-state index in [0.29, 0.717) is 19.4 Å². The largest absolute Gasteiger partial charge is 0.303 e. The molecule has 0 aliphatic carbocycles. The van der Waals surface area contributed by atoms with Gasteiger partial charge in [-0.25, -0.2) is 0 Å². The zero-order chi connectivity index (χ0) is 12.3. The van der Waals surface area contributed by atoms with E-state index in [2.05, 4.69) is 5.43 Å². The smallest absolute Gasteiger partial charge is 0.240 e. The fraction of sp³-hybridized carbons (Fsp3) is 0.385. The maximum Gasteiger partial charge on any atom is 0.240 e. The molecule has 1 unspecified atom stereocenters. The number of benzene rings is 1. The lowest BCUT2D eigenvalue weighted by molar-refractivity contribution is -0.119. The maximum atomic E-state index is 11.1. The average molecular weight is 232 g/mol. The van der Waals surface area contributed by atoms with Crippen LogP contribution in [-0.2, 0) is 9.59 Å². The topological polar surface area (TPSA) is 49.4 Å². The van der Waals surface area contributed by atoms with E-state index in [9.17, 15) is 9.59 Å². The molecule has 1 atom stereocenters. The van der Waals surface area contributed by atoms with Crippen LogP contribution in [0, 0.1) is 0 Å². The molecular formula is C13H16N2O2. The van der Waals surface area contributed by atoms with E-state index in [1.54, 1.807) is 0 Å². The second-order valence-electron chi connectivity index (χ2n) is 4.33. The highest BCUT2D eigenvalue weighted by molar-refractivity contribution is 5.81. The fourth-order valence-corrected chi connectivity index (χ4v) is 1.93. The minimum atomic E-state index is 0.0587. The van der Waals surface area contributed by atoms with Crippen molar-refractivity contribution in [3.8, 4) is 0 Å². The lowest BCUT2D eigenvalue weighted by Gasteiger charge is -2.18. The summed E-state index contributed by atoms with van der Waals surface area (Å²) in [6.45, 7) is 2.74. The Balaban J connectivity index is 2.07. The number of aldehydes is 1. The van der Waals surface area contributed by atoms with Gasteiger partial charge in [0, 0.05) is 19.4 Å². The molecule has 0 spiro atoms. The Bertz CT molecular complexity index is 414. The quantitative estimate of drug-likeness (QED) is 0.802. The van der Waals surface area contributed by atoms with E-state index >= 15 is 0 Å². The van der Waals surface area contributed by atoms with Gasteiger partial charge in [-0.1, -0.05) is 19.1 Å². The van der Waals surface area contributed by atoms with Crippen LogP contribution < -0.4 is 10.4 Å². The molecule has 1 aliphatic rings. The monoisotopic (exact) mass is 232 g/mol. The summed E-state index contributed by atoms with van der Waals surface area (Å²) in [7, 11) is 0. The summed E-state index contributed by atoms with van der Waals surface area (Å²) in [5.41, 5.74) is 4.91. The summed E-state index contributed by atoms with van der Waals surface area (Å²) in [4.78, 5) is 21.5. The SMILES string of the molecule is CC(CC=O)c1ccc(N2CCC(=O)N2)cc1. The Morgan fingerprint density at radius 2 is 2.12 bits per heavy atom. The first-order valence-electron chi connectivity index (χ1n) is 5.81.